The second-order valence-electron chi connectivity index (χ2n) is 8.22. The molecule has 0 radical (unpaired) electrons. The minimum absolute atomic E-state index is 0.0448. The van der Waals surface area contributed by atoms with Gasteiger partial charge in [-0.25, -0.2) is 0 Å². The van der Waals surface area contributed by atoms with Crippen LogP contribution in [0.2, 0.25) is 5.02 Å². The summed E-state index contributed by atoms with van der Waals surface area (Å²) in [6.45, 7) is 0.475. The second kappa shape index (κ2) is 11.4. The Labute approximate surface area is 220 Å². The number of hydrogen-bond acceptors (Lipinski definition) is 5. The summed E-state index contributed by atoms with van der Waals surface area (Å²) >= 11 is 11.7. The molecule has 2 amide bonds. The van der Waals surface area contributed by atoms with E-state index in [9.17, 15) is 9.59 Å². The minimum Gasteiger partial charge on any atom is -0.497 e. The summed E-state index contributed by atoms with van der Waals surface area (Å²) in [5, 5.41) is 3.78. The molecule has 7 nitrogen and oxygen atoms in total. The van der Waals surface area contributed by atoms with E-state index in [0.717, 1.165) is 11.3 Å². The molecule has 1 fully saturated rings. The van der Waals surface area contributed by atoms with Gasteiger partial charge in [0.25, 0.3) is 5.91 Å². The van der Waals surface area contributed by atoms with Gasteiger partial charge in [0.05, 0.1) is 26.3 Å². The topological polar surface area (TPSA) is 71.1 Å². The molecule has 0 spiro atoms. The Balaban J connectivity index is 1.54. The molecular weight excluding hydrogens is 498 g/mol. The van der Waals surface area contributed by atoms with E-state index < -0.39 is 6.04 Å². The quantitative estimate of drug-likeness (QED) is 0.401. The summed E-state index contributed by atoms with van der Waals surface area (Å²) in [7, 11) is 3.20. The molecule has 1 atom stereocenters. The van der Waals surface area contributed by atoms with E-state index >= 15 is 0 Å². The zero-order valence-corrected chi connectivity index (χ0v) is 21.5. The van der Waals surface area contributed by atoms with Gasteiger partial charge in [0.2, 0.25) is 5.91 Å². The van der Waals surface area contributed by atoms with Crippen LogP contribution in [0.5, 0.6) is 11.5 Å². The highest BCUT2D eigenvalue weighted by Crippen LogP contribution is 2.29. The van der Waals surface area contributed by atoms with Crippen molar-refractivity contribution in [2.75, 3.05) is 31.0 Å². The van der Waals surface area contributed by atoms with Gasteiger partial charge in [0.1, 0.15) is 17.5 Å². The first-order valence-electron chi connectivity index (χ1n) is 11.4. The first-order valence-corrected chi connectivity index (χ1v) is 12.1. The molecule has 1 N–H and O–H groups in total. The number of benzene rings is 3. The van der Waals surface area contributed by atoms with Crippen LogP contribution in [0.3, 0.4) is 0 Å². The van der Waals surface area contributed by atoms with Gasteiger partial charge < -0.3 is 19.7 Å². The third-order valence-corrected chi connectivity index (χ3v) is 6.63. The third-order valence-electron chi connectivity index (χ3n) is 5.96. The van der Waals surface area contributed by atoms with Crippen LogP contribution in [-0.4, -0.2) is 48.6 Å². The maximum absolute atomic E-state index is 13.6. The highest BCUT2D eigenvalue weighted by atomic mass is 35.5. The fourth-order valence-electron chi connectivity index (χ4n) is 4.02. The highest BCUT2D eigenvalue weighted by Gasteiger charge is 2.43. The normalized spacial score (nSPS) is 15.2. The maximum Gasteiger partial charge on any atom is 0.256 e. The largest absolute Gasteiger partial charge is 0.497 e. The zero-order chi connectivity index (χ0) is 25.7. The molecule has 0 aliphatic carbocycles. The van der Waals surface area contributed by atoms with Crippen LogP contribution in [0.4, 0.5) is 11.4 Å². The summed E-state index contributed by atoms with van der Waals surface area (Å²) in [4.78, 5) is 29.8. The number of rotatable bonds is 9. The van der Waals surface area contributed by atoms with Gasteiger partial charge in [-0.2, -0.15) is 0 Å². The molecule has 0 unspecified atom stereocenters. The number of methoxy groups -OCH3 is 2. The number of carbonyl (C=O) groups excluding carboxylic acids is 2. The zero-order valence-electron chi connectivity index (χ0n) is 19.9. The SMILES string of the molecule is COc1ccc(CCN2C(=S)N(c3ccc(OC)cc3)C(=O)[C@@H]2CC(=O)Nc2ccc(Cl)cc2)cc1. The van der Waals surface area contributed by atoms with Gasteiger partial charge >= 0.3 is 0 Å². The molecule has 0 bridgehead atoms. The van der Waals surface area contributed by atoms with E-state index in [1.54, 1.807) is 62.8 Å². The van der Waals surface area contributed by atoms with Gasteiger partial charge in [0.15, 0.2) is 5.11 Å². The Morgan fingerprint density at radius 3 is 2.11 bits per heavy atom. The number of ether oxygens (including phenoxy) is 2. The lowest BCUT2D eigenvalue weighted by atomic mass is 10.1. The van der Waals surface area contributed by atoms with Crippen molar-refractivity contribution < 1.29 is 19.1 Å². The molecule has 0 saturated carbocycles. The van der Waals surface area contributed by atoms with Gasteiger partial charge in [0, 0.05) is 17.3 Å². The Kier molecular flexibility index (Phi) is 8.07. The van der Waals surface area contributed by atoms with Crippen molar-refractivity contribution in [3.63, 3.8) is 0 Å². The van der Waals surface area contributed by atoms with Crippen molar-refractivity contribution in [3.05, 3.63) is 83.4 Å². The Bertz CT molecular complexity index is 1230. The van der Waals surface area contributed by atoms with Gasteiger partial charge in [-0.05, 0) is 84.9 Å². The average molecular weight is 524 g/mol. The molecule has 186 valence electrons. The third kappa shape index (κ3) is 5.78. The molecule has 1 aliphatic rings. The first-order chi connectivity index (χ1) is 17.4. The predicted octanol–water partition coefficient (Wildman–Crippen LogP) is 4.93. The number of carbonyl (C=O) groups is 2. The number of nitrogens with one attached hydrogen (secondary N) is 1. The number of halogens is 1. The summed E-state index contributed by atoms with van der Waals surface area (Å²) < 4.78 is 10.5. The summed E-state index contributed by atoms with van der Waals surface area (Å²) in [5.74, 6) is 0.912. The molecule has 1 aliphatic heterocycles. The maximum atomic E-state index is 13.6. The summed E-state index contributed by atoms with van der Waals surface area (Å²) in [5.41, 5.74) is 2.30. The molecule has 0 aromatic heterocycles. The molecule has 9 heteroatoms. The number of anilines is 2. The fourth-order valence-corrected chi connectivity index (χ4v) is 4.56. The van der Waals surface area contributed by atoms with E-state index in [2.05, 4.69) is 5.32 Å². The van der Waals surface area contributed by atoms with Crippen molar-refractivity contribution >= 4 is 52.1 Å². The smallest absolute Gasteiger partial charge is 0.256 e. The number of thiocarbonyl (C=S) groups is 1. The van der Waals surface area contributed by atoms with Crippen LogP contribution in [0.15, 0.2) is 72.8 Å². The Hall–Kier alpha value is -3.62. The van der Waals surface area contributed by atoms with Crippen LogP contribution < -0.4 is 19.7 Å². The molecular formula is C27H26ClN3O4S. The summed E-state index contributed by atoms with van der Waals surface area (Å²) in [6.07, 6.45) is 0.597. The van der Waals surface area contributed by atoms with Crippen LogP contribution in [0.1, 0.15) is 12.0 Å². The van der Waals surface area contributed by atoms with E-state index in [1.807, 2.05) is 29.2 Å². The predicted molar refractivity (Wildman–Crippen MR) is 145 cm³/mol. The molecule has 4 rings (SSSR count). The van der Waals surface area contributed by atoms with Crippen LogP contribution in [-0.2, 0) is 16.0 Å². The molecule has 3 aromatic carbocycles. The fraction of sp³-hybridized carbons (Fsp3) is 0.222. The van der Waals surface area contributed by atoms with Crippen molar-refractivity contribution in [3.8, 4) is 11.5 Å². The van der Waals surface area contributed by atoms with Gasteiger partial charge in [-0.15, -0.1) is 0 Å². The lowest BCUT2D eigenvalue weighted by molar-refractivity contribution is -0.124. The highest BCUT2D eigenvalue weighted by molar-refractivity contribution is 7.80. The van der Waals surface area contributed by atoms with Crippen molar-refractivity contribution in [2.24, 2.45) is 0 Å². The van der Waals surface area contributed by atoms with Crippen LogP contribution in [0.25, 0.3) is 0 Å². The van der Waals surface area contributed by atoms with E-state index in [1.165, 1.54) is 4.90 Å². The Morgan fingerprint density at radius 2 is 1.53 bits per heavy atom. The second-order valence-corrected chi connectivity index (χ2v) is 9.02. The van der Waals surface area contributed by atoms with Gasteiger partial charge in [-0.3, -0.25) is 14.5 Å². The summed E-state index contributed by atoms with van der Waals surface area (Å²) in [6, 6.07) is 20.9. The van der Waals surface area contributed by atoms with Crippen LogP contribution in [0, 0.1) is 0 Å². The Morgan fingerprint density at radius 1 is 0.944 bits per heavy atom. The number of amides is 2. The van der Waals surface area contributed by atoms with Crippen molar-refractivity contribution in [2.45, 2.75) is 18.9 Å². The van der Waals surface area contributed by atoms with Gasteiger partial charge in [-0.1, -0.05) is 23.7 Å². The van der Waals surface area contributed by atoms with E-state index in [0.29, 0.717) is 40.2 Å². The molecule has 1 heterocycles. The monoisotopic (exact) mass is 523 g/mol. The standard InChI is InChI=1S/C27H26ClN3O4S/c1-34-22-11-3-18(4-12-22)15-16-30-24(17-25(32)29-20-7-5-19(28)6-8-20)26(33)31(27(30)36)21-9-13-23(35-2)14-10-21/h3-14,24H,15-17H2,1-2H3,(H,29,32)/t24-/m0/s1. The molecule has 36 heavy (non-hydrogen) atoms. The van der Waals surface area contributed by atoms with Crippen molar-refractivity contribution in [1.29, 1.82) is 0 Å². The first kappa shape index (κ1) is 25.5. The lowest BCUT2D eigenvalue weighted by Crippen LogP contribution is -2.39. The molecule has 1 saturated heterocycles. The molecule has 3 aromatic rings. The number of nitrogens with zero attached hydrogens (tertiary/aromatic N) is 2. The average Bonchev–Trinajstić information content (AvgIpc) is 3.12. The van der Waals surface area contributed by atoms with Crippen molar-refractivity contribution in [1.82, 2.24) is 4.90 Å². The van der Waals surface area contributed by atoms with Crippen LogP contribution >= 0.6 is 23.8 Å². The van der Waals surface area contributed by atoms with E-state index in [-0.39, 0.29) is 18.2 Å². The lowest BCUT2D eigenvalue weighted by Gasteiger charge is -2.24. The minimum atomic E-state index is -0.731. The number of hydrogen-bond donors (Lipinski definition) is 1. The van der Waals surface area contributed by atoms with E-state index in [4.69, 9.17) is 33.3 Å².